The van der Waals surface area contributed by atoms with Gasteiger partial charge in [-0.2, -0.15) is 0 Å². The van der Waals surface area contributed by atoms with E-state index < -0.39 is 17.2 Å². The van der Waals surface area contributed by atoms with Gasteiger partial charge in [-0.3, -0.25) is 9.59 Å². The van der Waals surface area contributed by atoms with Crippen LogP contribution in [0.1, 0.15) is 34.1 Å². The molecule has 0 aromatic carbocycles. The first-order valence-electron chi connectivity index (χ1n) is 7.74. The molecule has 4 nitrogen and oxygen atoms in total. The summed E-state index contributed by atoms with van der Waals surface area (Å²) in [6.07, 6.45) is 11.2. The van der Waals surface area contributed by atoms with Crippen molar-refractivity contribution in [3.05, 3.63) is 59.1 Å². The molecule has 4 heteroatoms. The minimum absolute atomic E-state index is 0.221. The van der Waals surface area contributed by atoms with Crippen LogP contribution in [-0.4, -0.2) is 22.3 Å². The van der Waals surface area contributed by atoms with Gasteiger partial charge in [-0.25, -0.2) is 0 Å². The van der Waals surface area contributed by atoms with Gasteiger partial charge in [0.15, 0.2) is 11.4 Å². The van der Waals surface area contributed by atoms with Crippen LogP contribution in [0, 0.1) is 5.92 Å². The largest absolute Gasteiger partial charge is 0.464 e. The third-order valence-electron chi connectivity index (χ3n) is 4.08. The molecular weight excluding hydrogens is 292 g/mol. The first kappa shape index (κ1) is 17.2. The van der Waals surface area contributed by atoms with Crippen molar-refractivity contribution in [3.63, 3.8) is 0 Å². The number of hydrogen-bond donors (Lipinski definition) is 1. The maximum Gasteiger partial charge on any atom is 0.205 e. The number of hydrogen-bond acceptors (Lipinski definition) is 4. The Labute approximate surface area is 136 Å². The lowest BCUT2D eigenvalue weighted by Gasteiger charge is -2.27. The van der Waals surface area contributed by atoms with Crippen LogP contribution in [0.25, 0.3) is 0 Å². The number of carbonyl (C=O) groups excluding carboxylic acids is 2. The molecule has 0 unspecified atom stereocenters. The molecule has 23 heavy (non-hydrogen) atoms. The highest BCUT2D eigenvalue weighted by Gasteiger charge is 2.44. The topological polar surface area (TPSA) is 63.6 Å². The Hall–Kier alpha value is -2.20. The van der Waals surface area contributed by atoms with E-state index in [4.69, 9.17) is 4.74 Å². The van der Waals surface area contributed by atoms with Gasteiger partial charge in [0.2, 0.25) is 5.78 Å². The Balaban J connectivity index is 2.22. The molecule has 0 amide bonds. The molecule has 122 valence electrons. The molecule has 0 spiro atoms. The van der Waals surface area contributed by atoms with Gasteiger partial charge >= 0.3 is 0 Å². The van der Waals surface area contributed by atoms with Crippen molar-refractivity contribution < 1.29 is 19.4 Å². The van der Waals surface area contributed by atoms with E-state index in [1.807, 2.05) is 13.0 Å². The van der Waals surface area contributed by atoms with E-state index in [2.05, 4.69) is 19.9 Å². The lowest BCUT2D eigenvalue weighted by molar-refractivity contribution is -0.144. The van der Waals surface area contributed by atoms with Crippen molar-refractivity contribution in [1.82, 2.24) is 0 Å². The van der Waals surface area contributed by atoms with Gasteiger partial charge < -0.3 is 9.84 Å². The molecule has 1 heterocycles. The number of Topliss-reactive ketones (excluding diaryl/α,β-unsaturated/α-hetero) is 1. The first-order valence-corrected chi connectivity index (χ1v) is 7.74. The molecule has 0 saturated carbocycles. The van der Waals surface area contributed by atoms with Crippen LogP contribution < -0.4 is 0 Å². The number of allylic oxidation sites excluding steroid dienone is 6. The van der Waals surface area contributed by atoms with Gasteiger partial charge in [0, 0.05) is 0 Å². The molecule has 2 aliphatic rings. The maximum absolute atomic E-state index is 12.1. The lowest BCUT2D eigenvalue weighted by atomic mass is 9.81. The summed E-state index contributed by atoms with van der Waals surface area (Å²) in [6.45, 7) is 7.50. The zero-order valence-electron chi connectivity index (χ0n) is 13.9. The van der Waals surface area contributed by atoms with Gasteiger partial charge in [0.05, 0.1) is 5.57 Å². The number of fused-ring (bicyclic) bond motifs is 1. The molecule has 0 bridgehead atoms. The van der Waals surface area contributed by atoms with Gasteiger partial charge in [0.25, 0.3) is 0 Å². The Morgan fingerprint density at radius 1 is 1.39 bits per heavy atom. The van der Waals surface area contributed by atoms with Crippen molar-refractivity contribution in [2.45, 2.75) is 39.7 Å². The highest BCUT2D eigenvalue weighted by Crippen LogP contribution is 2.31. The summed E-state index contributed by atoms with van der Waals surface area (Å²) in [4.78, 5) is 23.9. The van der Waals surface area contributed by atoms with Crippen LogP contribution in [0.15, 0.2) is 59.1 Å². The Morgan fingerprint density at radius 2 is 2.09 bits per heavy atom. The highest BCUT2D eigenvalue weighted by molar-refractivity contribution is 6.25. The number of aliphatic hydroxyl groups is 1. The molecule has 1 aliphatic carbocycles. The summed E-state index contributed by atoms with van der Waals surface area (Å²) in [7, 11) is 0. The molecule has 1 N–H and O–H groups in total. The molecule has 0 radical (unpaired) electrons. The third-order valence-corrected chi connectivity index (χ3v) is 4.08. The smallest absolute Gasteiger partial charge is 0.205 e. The van der Waals surface area contributed by atoms with E-state index in [9.17, 15) is 14.7 Å². The standard InChI is InChI=1S/C19H22O4/c1-5-12(2)8-13(3)6-7-15-9-14-10-17(20)19(4,22)18(21)16(14)11-23-15/h6-12,22H,5H2,1-4H3/b7-6+,13-8+/t12-,19-/m0/s1. The monoisotopic (exact) mass is 314 g/mol. The zero-order chi connectivity index (χ0) is 17.2. The van der Waals surface area contributed by atoms with Crippen LogP contribution in [0.3, 0.4) is 0 Å². The Morgan fingerprint density at radius 3 is 2.74 bits per heavy atom. The minimum atomic E-state index is -2.00. The van der Waals surface area contributed by atoms with Crippen LogP contribution in [0.4, 0.5) is 0 Å². The van der Waals surface area contributed by atoms with Crippen molar-refractivity contribution in [2.24, 2.45) is 5.92 Å². The normalized spacial score (nSPS) is 26.3. The maximum atomic E-state index is 12.1. The average Bonchev–Trinajstić information content (AvgIpc) is 2.51. The summed E-state index contributed by atoms with van der Waals surface area (Å²) in [5, 5.41) is 9.92. The van der Waals surface area contributed by atoms with Gasteiger partial charge in [0.1, 0.15) is 12.0 Å². The van der Waals surface area contributed by atoms with Gasteiger partial charge in [-0.05, 0) is 43.6 Å². The number of rotatable bonds is 4. The second kappa shape index (κ2) is 6.50. The fourth-order valence-electron chi connectivity index (χ4n) is 2.34. The Kier molecular flexibility index (Phi) is 4.85. The second-order valence-corrected chi connectivity index (χ2v) is 6.19. The average molecular weight is 314 g/mol. The van der Waals surface area contributed by atoms with Crippen molar-refractivity contribution >= 4 is 11.6 Å². The minimum Gasteiger partial charge on any atom is -0.464 e. The van der Waals surface area contributed by atoms with Gasteiger partial charge in [-0.1, -0.05) is 38.0 Å². The molecule has 1 aliphatic heterocycles. The molecular formula is C19H22O4. The highest BCUT2D eigenvalue weighted by atomic mass is 16.5. The SMILES string of the molecule is CC[C@H](C)/C=C(C)/C=C/C1=CC2=CC(=O)[C@](C)(O)C(=O)C2=CO1. The number of ether oxygens (including phenoxy) is 1. The molecule has 0 aromatic heterocycles. The summed E-state index contributed by atoms with van der Waals surface area (Å²) in [5.41, 5.74) is -0.193. The number of ketones is 2. The van der Waals surface area contributed by atoms with E-state index in [0.717, 1.165) is 12.0 Å². The summed E-state index contributed by atoms with van der Waals surface area (Å²) in [6, 6.07) is 0. The first-order chi connectivity index (χ1) is 10.8. The molecule has 0 aromatic rings. The quantitative estimate of drug-likeness (QED) is 0.639. The zero-order valence-corrected chi connectivity index (χ0v) is 13.9. The lowest BCUT2D eigenvalue weighted by Crippen LogP contribution is -2.46. The van der Waals surface area contributed by atoms with Crippen LogP contribution >= 0.6 is 0 Å². The second-order valence-electron chi connectivity index (χ2n) is 6.19. The summed E-state index contributed by atoms with van der Waals surface area (Å²) >= 11 is 0. The van der Waals surface area contributed by atoms with E-state index in [1.165, 1.54) is 19.3 Å². The van der Waals surface area contributed by atoms with Gasteiger partial charge in [-0.15, -0.1) is 0 Å². The van der Waals surface area contributed by atoms with Crippen LogP contribution in [-0.2, 0) is 14.3 Å². The fourth-order valence-corrected chi connectivity index (χ4v) is 2.34. The van der Waals surface area contributed by atoms with E-state index in [1.54, 1.807) is 12.2 Å². The summed E-state index contributed by atoms with van der Waals surface area (Å²) in [5.74, 6) is -0.193. The molecule has 0 saturated heterocycles. The van der Waals surface area contributed by atoms with Crippen LogP contribution in [0.2, 0.25) is 0 Å². The number of carbonyl (C=O) groups is 2. The predicted molar refractivity (Wildman–Crippen MR) is 88.3 cm³/mol. The summed E-state index contributed by atoms with van der Waals surface area (Å²) < 4.78 is 5.43. The van der Waals surface area contributed by atoms with E-state index in [0.29, 0.717) is 17.3 Å². The van der Waals surface area contributed by atoms with Crippen molar-refractivity contribution in [3.8, 4) is 0 Å². The fraction of sp³-hybridized carbons (Fsp3) is 0.368. The third kappa shape index (κ3) is 3.59. The van der Waals surface area contributed by atoms with E-state index in [-0.39, 0.29) is 5.57 Å². The predicted octanol–water partition coefficient (Wildman–Crippen LogP) is 3.16. The van der Waals surface area contributed by atoms with Crippen molar-refractivity contribution in [1.29, 1.82) is 0 Å². The van der Waals surface area contributed by atoms with Crippen molar-refractivity contribution in [2.75, 3.05) is 0 Å². The van der Waals surface area contributed by atoms with Crippen LogP contribution in [0.5, 0.6) is 0 Å². The molecule has 2 rings (SSSR count). The molecule has 2 atom stereocenters. The van der Waals surface area contributed by atoms with E-state index >= 15 is 0 Å². The molecule has 0 fully saturated rings. The Bertz CT molecular complexity index is 684.